The fourth-order valence-corrected chi connectivity index (χ4v) is 4.02. The first-order chi connectivity index (χ1) is 13.6. The van der Waals surface area contributed by atoms with Gasteiger partial charge in [-0.1, -0.05) is 6.07 Å². The first-order valence-corrected chi connectivity index (χ1v) is 9.79. The van der Waals surface area contributed by atoms with Crippen LogP contribution in [-0.2, 0) is 0 Å². The highest BCUT2D eigenvalue weighted by atomic mass is 19.1. The third kappa shape index (κ3) is 3.59. The van der Waals surface area contributed by atoms with Crippen LogP contribution in [0.15, 0.2) is 30.6 Å². The Morgan fingerprint density at radius 1 is 1.07 bits per heavy atom. The number of nitriles is 1. The molecule has 6 nitrogen and oxygen atoms in total. The Kier molecular flexibility index (Phi) is 5.03. The van der Waals surface area contributed by atoms with Crippen LogP contribution in [0, 0.1) is 17.1 Å². The Bertz CT molecular complexity index is 881. The van der Waals surface area contributed by atoms with Crippen LogP contribution in [0.1, 0.15) is 31.2 Å². The first-order valence-electron chi connectivity index (χ1n) is 9.79. The minimum Gasteiger partial charge on any atom is -0.370 e. The molecule has 7 heteroatoms. The molecule has 2 aliphatic rings. The summed E-state index contributed by atoms with van der Waals surface area (Å²) in [5.74, 6) is 1.45. The number of piperidine rings is 1. The number of halogens is 1. The van der Waals surface area contributed by atoms with Crippen molar-refractivity contribution >= 4 is 17.3 Å². The van der Waals surface area contributed by atoms with Gasteiger partial charge in [-0.3, -0.25) is 0 Å². The molecule has 1 aromatic carbocycles. The summed E-state index contributed by atoms with van der Waals surface area (Å²) in [5, 5.41) is 9.33. The van der Waals surface area contributed by atoms with E-state index in [4.69, 9.17) is 0 Å². The van der Waals surface area contributed by atoms with Gasteiger partial charge in [-0.2, -0.15) is 5.26 Å². The molecule has 1 saturated heterocycles. The van der Waals surface area contributed by atoms with E-state index in [1.165, 1.54) is 18.9 Å². The van der Waals surface area contributed by atoms with Crippen molar-refractivity contribution in [2.24, 2.45) is 0 Å². The molecule has 0 amide bonds. The monoisotopic (exact) mass is 380 g/mol. The summed E-state index contributed by atoms with van der Waals surface area (Å²) in [6, 6.07) is 9.89. The second-order valence-corrected chi connectivity index (χ2v) is 7.73. The van der Waals surface area contributed by atoms with Crippen LogP contribution >= 0.6 is 0 Å². The smallest absolute Gasteiger partial charge is 0.143 e. The molecule has 146 valence electrons. The van der Waals surface area contributed by atoms with Gasteiger partial charge in [-0.05, 0) is 37.8 Å². The fourth-order valence-electron chi connectivity index (χ4n) is 4.02. The van der Waals surface area contributed by atoms with E-state index in [2.05, 4.69) is 25.8 Å². The van der Waals surface area contributed by atoms with Gasteiger partial charge in [0, 0.05) is 45.3 Å². The van der Waals surface area contributed by atoms with Gasteiger partial charge in [0.15, 0.2) is 0 Å². The predicted molar refractivity (Wildman–Crippen MR) is 108 cm³/mol. The molecule has 0 unspecified atom stereocenters. The van der Waals surface area contributed by atoms with Crippen molar-refractivity contribution in [3.63, 3.8) is 0 Å². The zero-order chi connectivity index (χ0) is 19.7. The maximum absolute atomic E-state index is 14.0. The number of hydrogen-bond acceptors (Lipinski definition) is 6. The summed E-state index contributed by atoms with van der Waals surface area (Å²) >= 11 is 0. The number of nitrogens with zero attached hydrogens (tertiary/aromatic N) is 6. The molecule has 0 N–H and O–H groups in total. The average molecular weight is 380 g/mol. The highest BCUT2D eigenvalue weighted by Crippen LogP contribution is 2.37. The third-order valence-corrected chi connectivity index (χ3v) is 5.60. The lowest BCUT2D eigenvalue weighted by Gasteiger charge is -2.40. The Morgan fingerprint density at radius 2 is 1.75 bits per heavy atom. The molecule has 28 heavy (non-hydrogen) atoms. The Labute approximate surface area is 165 Å². The van der Waals surface area contributed by atoms with Crippen molar-refractivity contribution in [2.45, 2.75) is 37.8 Å². The predicted octanol–water partition coefficient (Wildman–Crippen LogP) is 3.19. The van der Waals surface area contributed by atoms with E-state index in [0.717, 1.165) is 37.6 Å². The average Bonchev–Trinajstić information content (AvgIpc) is 3.54. The molecule has 1 aliphatic heterocycles. The van der Waals surface area contributed by atoms with E-state index in [9.17, 15) is 9.65 Å². The zero-order valence-corrected chi connectivity index (χ0v) is 16.3. The molecular weight excluding hydrogens is 355 g/mol. The van der Waals surface area contributed by atoms with Crippen LogP contribution in [0.25, 0.3) is 0 Å². The Morgan fingerprint density at radius 3 is 2.39 bits per heavy atom. The van der Waals surface area contributed by atoms with Gasteiger partial charge in [-0.25, -0.2) is 14.4 Å². The van der Waals surface area contributed by atoms with E-state index < -0.39 is 5.82 Å². The molecule has 0 spiro atoms. The van der Waals surface area contributed by atoms with Crippen LogP contribution in [0.5, 0.6) is 0 Å². The van der Waals surface area contributed by atoms with Crippen molar-refractivity contribution in [3.05, 3.63) is 42.0 Å². The van der Waals surface area contributed by atoms with Crippen LogP contribution in [0.4, 0.5) is 21.7 Å². The largest absolute Gasteiger partial charge is 0.370 e. The Balaban J connectivity index is 1.51. The number of aromatic nitrogens is 2. The van der Waals surface area contributed by atoms with E-state index in [1.807, 2.05) is 31.1 Å². The second kappa shape index (κ2) is 7.63. The standard InChI is InChI=1S/C21H25FN6/c1-26(2)20-12-21(25-14-24-20)28(15-6-7-15)16-8-10-27(11-9-16)19-5-3-4-18(22)17(19)13-23/h3-5,12,14-16H,6-11H2,1-2H3. The molecule has 0 atom stereocenters. The highest BCUT2D eigenvalue weighted by molar-refractivity contribution is 5.60. The van der Waals surface area contributed by atoms with Gasteiger partial charge < -0.3 is 14.7 Å². The molecule has 4 rings (SSSR count). The lowest BCUT2D eigenvalue weighted by molar-refractivity contribution is 0.458. The third-order valence-electron chi connectivity index (χ3n) is 5.60. The summed E-state index contributed by atoms with van der Waals surface area (Å²) in [6.45, 7) is 1.61. The lowest BCUT2D eigenvalue weighted by Crippen LogP contribution is -2.46. The van der Waals surface area contributed by atoms with Gasteiger partial charge in [0.05, 0.1) is 5.69 Å². The number of benzene rings is 1. The molecule has 2 aromatic rings. The fraction of sp³-hybridized carbons (Fsp3) is 0.476. The van der Waals surface area contributed by atoms with Crippen molar-refractivity contribution in [2.75, 3.05) is 41.9 Å². The van der Waals surface area contributed by atoms with Crippen LogP contribution in [-0.4, -0.2) is 49.2 Å². The van der Waals surface area contributed by atoms with E-state index in [-0.39, 0.29) is 5.56 Å². The second-order valence-electron chi connectivity index (χ2n) is 7.73. The summed E-state index contributed by atoms with van der Waals surface area (Å²) in [5.41, 5.74) is 0.849. The first kappa shape index (κ1) is 18.5. The number of hydrogen-bond donors (Lipinski definition) is 0. The van der Waals surface area contributed by atoms with Crippen molar-refractivity contribution in [1.82, 2.24) is 9.97 Å². The normalized spacial score (nSPS) is 17.3. The minimum atomic E-state index is -0.445. The van der Waals surface area contributed by atoms with Crippen molar-refractivity contribution in [3.8, 4) is 6.07 Å². The highest BCUT2D eigenvalue weighted by Gasteiger charge is 2.37. The van der Waals surface area contributed by atoms with Gasteiger partial charge in [0.2, 0.25) is 0 Å². The summed E-state index contributed by atoms with van der Waals surface area (Å²) in [4.78, 5) is 15.5. The summed E-state index contributed by atoms with van der Waals surface area (Å²) < 4.78 is 14.0. The minimum absolute atomic E-state index is 0.145. The van der Waals surface area contributed by atoms with Gasteiger partial charge in [-0.15, -0.1) is 0 Å². The van der Waals surface area contributed by atoms with Crippen LogP contribution < -0.4 is 14.7 Å². The molecule has 2 fully saturated rings. The maximum atomic E-state index is 14.0. The van der Waals surface area contributed by atoms with Crippen LogP contribution in [0.2, 0.25) is 0 Å². The van der Waals surface area contributed by atoms with Crippen LogP contribution in [0.3, 0.4) is 0 Å². The SMILES string of the molecule is CN(C)c1cc(N(C2CC2)C2CCN(c3cccc(F)c3C#N)CC2)ncn1. The van der Waals surface area contributed by atoms with E-state index >= 15 is 0 Å². The van der Waals surface area contributed by atoms with E-state index in [1.54, 1.807) is 12.4 Å². The topological polar surface area (TPSA) is 59.3 Å². The number of rotatable bonds is 5. The summed E-state index contributed by atoms with van der Waals surface area (Å²) in [6.07, 6.45) is 5.95. The summed E-state index contributed by atoms with van der Waals surface area (Å²) in [7, 11) is 3.97. The van der Waals surface area contributed by atoms with Gasteiger partial charge >= 0.3 is 0 Å². The van der Waals surface area contributed by atoms with Crippen molar-refractivity contribution < 1.29 is 4.39 Å². The molecule has 0 bridgehead atoms. The molecule has 2 heterocycles. The number of anilines is 3. The lowest BCUT2D eigenvalue weighted by atomic mass is 10.0. The molecular formula is C21H25FN6. The molecule has 0 radical (unpaired) electrons. The van der Waals surface area contributed by atoms with Gasteiger partial charge in [0.25, 0.3) is 0 Å². The zero-order valence-electron chi connectivity index (χ0n) is 16.3. The molecule has 1 saturated carbocycles. The van der Waals surface area contributed by atoms with Gasteiger partial charge in [0.1, 0.15) is 35.4 Å². The maximum Gasteiger partial charge on any atom is 0.143 e. The van der Waals surface area contributed by atoms with E-state index in [0.29, 0.717) is 17.8 Å². The molecule has 1 aromatic heterocycles. The Hall–Kier alpha value is -2.88. The molecule has 1 aliphatic carbocycles. The quantitative estimate of drug-likeness (QED) is 0.794. The van der Waals surface area contributed by atoms with Crippen molar-refractivity contribution in [1.29, 1.82) is 5.26 Å².